The summed E-state index contributed by atoms with van der Waals surface area (Å²) >= 11 is 5.06. The van der Waals surface area contributed by atoms with Gasteiger partial charge in [-0.15, -0.1) is 0 Å². The van der Waals surface area contributed by atoms with Gasteiger partial charge in [-0.25, -0.2) is 0 Å². The van der Waals surface area contributed by atoms with Gasteiger partial charge >= 0.3 is 12.4 Å². The number of hydrogen-bond donors (Lipinski definition) is 0. The van der Waals surface area contributed by atoms with Crippen molar-refractivity contribution in [3.05, 3.63) is 34.4 Å². The van der Waals surface area contributed by atoms with E-state index in [1.165, 1.54) is 6.92 Å². The zero-order valence-electron chi connectivity index (χ0n) is 9.42. The van der Waals surface area contributed by atoms with E-state index in [1.54, 1.807) is 0 Å². The molecule has 1 rings (SSSR count). The minimum atomic E-state index is -4.99. The van der Waals surface area contributed by atoms with Crippen LogP contribution in [-0.2, 0) is 18.8 Å². The molecule has 1 nitrogen and oxygen atoms in total. The summed E-state index contributed by atoms with van der Waals surface area (Å²) in [4.78, 5) is 11.0. The molecule has 0 fully saturated rings. The van der Waals surface area contributed by atoms with Gasteiger partial charge in [-0.2, -0.15) is 26.3 Å². The number of rotatable bonds is 2. The zero-order valence-corrected chi connectivity index (χ0v) is 10.2. The summed E-state index contributed by atoms with van der Waals surface area (Å²) in [7, 11) is 0. The third-order valence-electron chi connectivity index (χ3n) is 2.45. The molecule has 19 heavy (non-hydrogen) atoms. The lowest BCUT2D eigenvalue weighted by molar-refractivity contribution is -0.143. The van der Waals surface area contributed by atoms with E-state index in [1.807, 2.05) is 0 Å². The van der Waals surface area contributed by atoms with Gasteiger partial charge in [-0.3, -0.25) is 4.79 Å². The zero-order chi connectivity index (χ0) is 15.0. The fourth-order valence-electron chi connectivity index (χ4n) is 1.64. The van der Waals surface area contributed by atoms with Crippen molar-refractivity contribution >= 4 is 16.8 Å². The monoisotopic (exact) mass is 304 g/mol. The standard InChI is InChI=1S/C11H7ClF6O/c1-2-6-7(9(12)19)3-5(10(13,14)15)4-8(6)11(16,17)18/h3-4H,2H2,1H3. The van der Waals surface area contributed by atoms with Gasteiger partial charge in [0.1, 0.15) is 0 Å². The van der Waals surface area contributed by atoms with E-state index in [4.69, 9.17) is 11.6 Å². The van der Waals surface area contributed by atoms with Gasteiger partial charge < -0.3 is 0 Å². The lowest BCUT2D eigenvalue weighted by Crippen LogP contribution is -2.16. The molecule has 0 aliphatic carbocycles. The Hall–Kier alpha value is -1.24. The van der Waals surface area contributed by atoms with Gasteiger partial charge in [0.15, 0.2) is 0 Å². The molecular weight excluding hydrogens is 298 g/mol. The highest BCUT2D eigenvalue weighted by Gasteiger charge is 2.39. The quantitative estimate of drug-likeness (QED) is 0.573. The van der Waals surface area contributed by atoms with Crippen LogP contribution in [0, 0.1) is 0 Å². The van der Waals surface area contributed by atoms with Gasteiger partial charge in [-0.1, -0.05) is 6.92 Å². The van der Waals surface area contributed by atoms with Crippen molar-refractivity contribution in [3.63, 3.8) is 0 Å². The Morgan fingerprint density at radius 2 is 1.63 bits per heavy atom. The molecule has 1 aromatic carbocycles. The molecule has 0 aliphatic heterocycles. The summed E-state index contributed by atoms with van der Waals surface area (Å²) in [6.45, 7) is 1.29. The number of carbonyl (C=O) groups excluding carboxylic acids is 1. The Labute approximate surface area is 109 Å². The van der Waals surface area contributed by atoms with Gasteiger partial charge in [-0.05, 0) is 35.7 Å². The lowest BCUT2D eigenvalue weighted by Gasteiger charge is -2.17. The minimum absolute atomic E-state index is 0.0117. The highest BCUT2D eigenvalue weighted by atomic mass is 35.5. The van der Waals surface area contributed by atoms with E-state index in [-0.39, 0.29) is 12.5 Å². The van der Waals surface area contributed by atoms with E-state index in [2.05, 4.69) is 0 Å². The van der Waals surface area contributed by atoms with Crippen molar-refractivity contribution in [2.24, 2.45) is 0 Å². The van der Waals surface area contributed by atoms with Gasteiger partial charge in [0.05, 0.1) is 11.1 Å². The fourth-order valence-corrected chi connectivity index (χ4v) is 1.81. The van der Waals surface area contributed by atoms with Gasteiger partial charge in [0, 0.05) is 5.56 Å². The number of benzene rings is 1. The van der Waals surface area contributed by atoms with Crippen molar-refractivity contribution in [1.29, 1.82) is 0 Å². The summed E-state index contributed by atoms with van der Waals surface area (Å²) < 4.78 is 75.7. The molecule has 0 N–H and O–H groups in total. The lowest BCUT2D eigenvalue weighted by atomic mass is 9.95. The molecule has 8 heteroatoms. The second kappa shape index (κ2) is 5.03. The highest BCUT2D eigenvalue weighted by Crippen LogP contribution is 2.39. The van der Waals surface area contributed by atoms with Crippen LogP contribution in [0.1, 0.15) is 34.0 Å². The largest absolute Gasteiger partial charge is 0.416 e. The normalized spacial score (nSPS) is 12.6. The third-order valence-corrected chi connectivity index (χ3v) is 2.65. The predicted octanol–water partition coefficient (Wildman–Crippen LogP) is 4.67. The van der Waals surface area contributed by atoms with Crippen molar-refractivity contribution in [2.45, 2.75) is 25.7 Å². The Bertz CT molecular complexity index is 503. The van der Waals surface area contributed by atoms with E-state index in [0.717, 1.165) is 0 Å². The summed E-state index contributed by atoms with van der Waals surface area (Å²) in [5.41, 5.74) is -4.36. The molecule has 0 spiro atoms. The van der Waals surface area contributed by atoms with Crippen LogP contribution in [0.25, 0.3) is 0 Å². The first-order valence-electron chi connectivity index (χ1n) is 4.99. The third kappa shape index (κ3) is 3.40. The molecule has 0 aliphatic rings. The Morgan fingerprint density at radius 1 is 1.11 bits per heavy atom. The molecule has 0 unspecified atom stereocenters. The first-order valence-corrected chi connectivity index (χ1v) is 5.37. The van der Waals surface area contributed by atoms with Crippen LogP contribution >= 0.6 is 11.6 Å². The smallest absolute Gasteiger partial charge is 0.276 e. The van der Waals surface area contributed by atoms with Crippen molar-refractivity contribution in [2.75, 3.05) is 0 Å². The topological polar surface area (TPSA) is 17.1 Å². The van der Waals surface area contributed by atoms with E-state index in [9.17, 15) is 31.1 Å². The SMILES string of the molecule is CCc1c(C(=O)Cl)cc(C(F)(F)F)cc1C(F)(F)F. The maximum atomic E-state index is 12.7. The van der Waals surface area contributed by atoms with Crippen LogP contribution in [0.3, 0.4) is 0 Å². The van der Waals surface area contributed by atoms with Crippen LogP contribution in [0.2, 0.25) is 0 Å². The summed E-state index contributed by atoms with van der Waals surface area (Å²) in [5.74, 6) is 0. The average molecular weight is 305 g/mol. The molecule has 106 valence electrons. The molecule has 0 bridgehead atoms. The van der Waals surface area contributed by atoms with Crippen LogP contribution < -0.4 is 0 Å². The van der Waals surface area contributed by atoms with Gasteiger partial charge in [0.25, 0.3) is 5.24 Å². The van der Waals surface area contributed by atoms with Crippen LogP contribution in [0.15, 0.2) is 12.1 Å². The summed E-state index contributed by atoms with van der Waals surface area (Å²) in [6.07, 6.45) is -10.2. The molecule has 0 saturated carbocycles. The van der Waals surface area contributed by atoms with Crippen LogP contribution in [-0.4, -0.2) is 5.24 Å². The van der Waals surface area contributed by atoms with Crippen molar-refractivity contribution in [3.8, 4) is 0 Å². The molecule has 0 aromatic heterocycles. The molecule has 0 heterocycles. The maximum Gasteiger partial charge on any atom is 0.416 e. The molecule has 0 radical (unpaired) electrons. The Morgan fingerprint density at radius 3 is 1.95 bits per heavy atom. The van der Waals surface area contributed by atoms with Crippen LogP contribution in [0.5, 0.6) is 0 Å². The molecule has 0 saturated heterocycles. The van der Waals surface area contributed by atoms with E-state index >= 15 is 0 Å². The molecule has 0 amide bonds. The second-order valence-electron chi connectivity index (χ2n) is 3.67. The number of halogens is 7. The average Bonchev–Trinajstić information content (AvgIpc) is 2.24. The number of carbonyl (C=O) groups is 1. The fraction of sp³-hybridized carbons (Fsp3) is 0.364. The Kier molecular flexibility index (Phi) is 4.19. The molecule has 1 aromatic rings. The summed E-state index contributed by atoms with van der Waals surface area (Å²) in [6, 6.07) is 0.325. The molecular formula is C11H7ClF6O. The van der Waals surface area contributed by atoms with E-state index in [0.29, 0.717) is 6.07 Å². The highest BCUT2D eigenvalue weighted by molar-refractivity contribution is 6.68. The second-order valence-corrected chi connectivity index (χ2v) is 4.02. The Balaban J connectivity index is 3.70. The predicted molar refractivity (Wildman–Crippen MR) is 56.0 cm³/mol. The van der Waals surface area contributed by atoms with Crippen molar-refractivity contribution in [1.82, 2.24) is 0 Å². The van der Waals surface area contributed by atoms with E-state index < -0.39 is 39.8 Å². The molecule has 0 atom stereocenters. The number of hydrogen-bond acceptors (Lipinski definition) is 1. The summed E-state index contributed by atoms with van der Waals surface area (Å²) in [5, 5.41) is -1.35. The number of alkyl halides is 6. The maximum absolute atomic E-state index is 12.7. The first kappa shape index (κ1) is 15.8. The van der Waals surface area contributed by atoms with Gasteiger partial charge in [0.2, 0.25) is 0 Å². The first-order chi connectivity index (χ1) is 8.48. The van der Waals surface area contributed by atoms with Crippen LogP contribution in [0.4, 0.5) is 26.3 Å². The minimum Gasteiger partial charge on any atom is -0.276 e. The van der Waals surface area contributed by atoms with Crippen molar-refractivity contribution < 1.29 is 31.1 Å².